The van der Waals surface area contributed by atoms with Crippen LogP contribution in [0, 0.1) is 5.92 Å². The standard InChI is InChI=1S/C13H21NO3S/c1-10(2)12(15)9-11-7-5-6-8-13(11)18(16,17)14(3)4/h5-8,10,12,15H,9H2,1-4H3. The lowest BCUT2D eigenvalue weighted by atomic mass is 9.99. The van der Waals surface area contributed by atoms with Crippen molar-refractivity contribution < 1.29 is 13.5 Å². The predicted molar refractivity (Wildman–Crippen MR) is 71.9 cm³/mol. The molecule has 0 aliphatic carbocycles. The molecule has 1 aromatic rings. The summed E-state index contributed by atoms with van der Waals surface area (Å²) >= 11 is 0. The van der Waals surface area contributed by atoms with Crippen molar-refractivity contribution in [2.24, 2.45) is 5.92 Å². The number of rotatable bonds is 5. The van der Waals surface area contributed by atoms with Crippen molar-refractivity contribution in [3.63, 3.8) is 0 Å². The van der Waals surface area contributed by atoms with Crippen LogP contribution in [-0.2, 0) is 16.4 Å². The summed E-state index contributed by atoms with van der Waals surface area (Å²) in [6.45, 7) is 3.82. The zero-order valence-electron chi connectivity index (χ0n) is 11.3. The third-order valence-corrected chi connectivity index (χ3v) is 4.85. The summed E-state index contributed by atoms with van der Waals surface area (Å²) in [5.41, 5.74) is 0.660. The van der Waals surface area contributed by atoms with Crippen molar-refractivity contribution in [2.75, 3.05) is 14.1 Å². The second-order valence-corrected chi connectivity index (χ2v) is 7.03. The van der Waals surface area contributed by atoms with Crippen LogP contribution in [0.4, 0.5) is 0 Å². The molecule has 1 aromatic carbocycles. The van der Waals surface area contributed by atoms with E-state index in [-0.39, 0.29) is 10.8 Å². The molecule has 0 fully saturated rings. The highest BCUT2D eigenvalue weighted by Crippen LogP contribution is 2.21. The highest BCUT2D eigenvalue weighted by molar-refractivity contribution is 7.89. The van der Waals surface area contributed by atoms with Crippen molar-refractivity contribution in [2.45, 2.75) is 31.3 Å². The third kappa shape index (κ3) is 3.31. The Hall–Kier alpha value is -0.910. The maximum absolute atomic E-state index is 12.1. The van der Waals surface area contributed by atoms with Crippen LogP contribution in [0.25, 0.3) is 0 Å². The Kier molecular flexibility index (Phi) is 4.90. The monoisotopic (exact) mass is 271 g/mol. The molecule has 1 unspecified atom stereocenters. The molecule has 0 aliphatic rings. The van der Waals surface area contributed by atoms with Crippen molar-refractivity contribution in [1.29, 1.82) is 0 Å². The molecule has 102 valence electrons. The molecule has 5 heteroatoms. The fourth-order valence-corrected chi connectivity index (χ4v) is 2.71. The Balaban J connectivity index is 3.16. The number of benzene rings is 1. The van der Waals surface area contributed by atoms with Crippen molar-refractivity contribution >= 4 is 10.0 Å². The molecular weight excluding hydrogens is 250 g/mol. The summed E-state index contributed by atoms with van der Waals surface area (Å²) in [5, 5.41) is 9.90. The predicted octanol–water partition coefficient (Wildman–Crippen LogP) is 1.50. The van der Waals surface area contributed by atoms with Crippen LogP contribution in [0.3, 0.4) is 0 Å². The first-order chi connectivity index (χ1) is 8.26. The smallest absolute Gasteiger partial charge is 0.242 e. The zero-order chi connectivity index (χ0) is 13.9. The lowest BCUT2D eigenvalue weighted by Crippen LogP contribution is -2.25. The first-order valence-corrected chi connectivity index (χ1v) is 7.39. The molecular formula is C13H21NO3S. The van der Waals surface area contributed by atoms with Gasteiger partial charge in [-0.15, -0.1) is 0 Å². The van der Waals surface area contributed by atoms with E-state index >= 15 is 0 Å². The summed E-state index contributed by atoms with van der Waals surface area (Å²) in [7, 11) is -0.447. The Bertz CT molecular complexity index is 495. The van der Waals surface area contributed by atoms with Gasteiger partial charge in [0.25, 0.3) is 0 Å². The van der Waals surface area contributed by atoms with Crippen molar-refractivity contribution in [3.8, 4) is 0 Å². The van der Waals surface area contributed by atoms with E-state index in [2.05, 4.69) is 0 Å². The molecule has 0 spiro atoms. The average molecular weight is 271 g/mol. The van der Waals surface area contributed by atoms with Gasteiger partial charge < -0.3 is 5.11 Å². The summed E-state index contributed by atoms with van der Waals surface area (Å²) in [6, 6.07) is 6.82. The molecule has 0 heterocycles. The number of hydrogen-bond acceptors (Lipinski definition) is 3. The van der Waals surface area contributed by atoms with Gasteiger partial charge in [0, 0.05) is 14.1 Å². The molecule has 1 N–H and O–H groups in total. The molecule has 0 aromatic heterocycles. The van der Waals surface area contributed by atoms with Crippen LogP contribution in [-0.4, -0.2) is 38.0 Å². The van der Waals surface area contributed by atoms with Gasteiger partial charge >= 0.3 is 0 Å². The van der Waals surface area contributed by atoms with E-state index < -0.39 is 16.1 Å². The fraction of sp³-hybridized carbons (Fsp3) is 0.538. The SMILES string of the molecule is CC(C)C(O)Cc1ccccc1S(=O)(=O)N(C)C. The van der Waals surface area contributed by atoms with Gasteiger partial charge in [-0.05, 0) is 24.0 Å². The second kappa shape index (κ2) is 5.82. The summed E-state index contributed by atoms with van der Waals surface area (Å²) in [6.07, 6.45) is -0.190. The normalized spacial score (nSPS) is 14.2. The molecule has 0 saturated heterocycles. The lowest BCUT2D eigenvalue weighted by Gasteiger charge is -2.18. The van der Waals surface area contributed by atoms with Gasteiger partial charge in [0.1, 0.15) is 0 Å². The van der Waals surface area contributed by atoms with E-state index in [0.29, 0.717) is 12.0 Å². The van der Waals surface area contributed by atoms with E-state index in [9.17, 15) is 13.5 Å². The maximum Gasteiger partial charge on any atom is 0.242 e. The average Bonchev–Trinajstić information content (AvgIpc) is 2.29. The highest BCUT2D eigenvalue weighted by atomic mass is 32.2. The van der Waals surface area contributed by atoms with E-state index in [0.717, 1.165) is 0 Å². The third-order valence-electron chi connectivity index (χ3n) is 2.93. The van der Waals surface area contributed by atoms with Gasteiger partial charge in [-0.3, -0.25) is 0 Å². The number of aliphatic hydroxyl groups is 1. The zero-order valence-corrected chi connectivity index (χ0v) is 12.1. The molecule has 4 nitrogen and oxygen atoms in total. The largest absolute Gasteiger partial charge is 0.393 e. The van der Waals surface area contributed by atoms with E-state index in [4.69, 9.17) is 0 Å². The van der Waals surface area contributed by atoms with Crippen LogP contribution in [0.5, 0.6) is 0 Å². The van der Waals surface area contributed by atoms with Gasteiger partial charge in [0.15, 0.2) is 0 Å². The minimum absolute atomic E-state index is 0.0973. The van der Waals surface area contributed by atoms with Crippen molar-refractivity contribution in [1.82, 2.24) is 4.31 Å². The molecule has 18 heavy (non-hydrogen) atoms. The van der Waals surface area contributed by atoms with E-state index in [1.807, 2.05) is 13.8 Å². The molecule has 0 aliphatic heterocycles. The second-order valence-electron chi connectivity index (χ2n) is 4.91. The first-order valence-electron chi connectivity index (χ1n) is 5.95. The molecule has 0 radical (unpaired) electrons. The fourth-order valence-electron chi connectivity index (χ4n) is 1.58. The number of aliphatic hydroxyl groups excluding tert-OH is 1. The molecule has 1 atom stereocenters. The lowest BCUT2D eigenvalue weighted by molar-refractivity contribution is 0.125. The Morgan fingerprint density at radius 3 is 2.28 bits per heavy atom. The van der Waals surface area contributed by atoms with Gasteiger partial charge in [0.05, 0.1) is 11.0 Å². The van der Waals surface area contributed by atoms with Gasteiger partial charge in [-0.2, -0.15) is 0 Å². The maximum atomic E-state index is 12.1. The molecule has 0 bridgehead atoms. The molecule has 0 saturated carbocycles. The van der Waals surface area contributed by atoms with E-state index in [1.54, 1.807) is 24.3 Å². The van der Waals surface area contributed by atoms with Crippen LogP contribution >= 0.6 is 0 Å². The summed E-state index contributed by atoms with van der Waals surface area (Å²) < 4.78 is 25.5. The summed E-state index contributed by atoms with van der Waals surface area (Å²) in [5.74, 6) is 0.0973. The van der Waals surface area contributed by atoms with Gasteiger partial charge in [-0.25, -0.2) is 12.7 Å². The van der Waals surface area contributed by atoms with Crippen LogP contribution < -0.4 is 0 Å². The highest BCUT2D eigenvalue weighted by Gasteiger charge is 2.22. The van der Waals surface area contributed by atoms with Crippen LogP contribution in [0.2, 0.25) is 0 Å². The minimum Gasteiger partial charge on any atom is -0.393 e. The Morgan fingerprint density at radius 2 is 1.78 bits per heavy atom. The minimum atomic E-state index is -3.46. The molecule has 0 amide bonds. The van der Waals surface area contributed by atoms with Crippen LogP contribution in [0.1, 0.15) is 19.4 Å². The number of hydrogen-bond donors (Lipinski definition) is 1. The Morgan fingerprint density at radius 1 is 1.22 bits per heavy atom. The summed E-state index contributed by atoms with van der Waals surface area (Å²) in [4.78, 5) is 0.273. The van der Waals surface area contributed by atoms with Crippen molar-refractivity contribution in [3.05, 3.63) is 29.8 Å². The van der Waals surface area contributed by atoms with Crippen LogP contribution in [0.15, 0.2) is 29.2 Å². The van der Waals surface area contributed by atoms with Gasteiger partial charge in [0.2, 0.25) is 10.0 Å². The van der Waals surface area contributed by atoms with E-state index in [1.165, 1.54) is 18.4 Å². The number of sulfonamides is 1. The number of nitrogens with zero attached hydrogens (tertiary/aromatic N) is 1. The Labute approximate surface area is 109 Å². The topological polar surface area (TPSA) is 57.6 Å². The first kappa shape index (κ1) is 15.1. The molecule has 1 rings (SSSR count). The quantitative estimate of drug-likeness (QED) is 0.883. The van der Waals surface area contributed by atoms with Gasteiger partial charge in [-0.1, -0.05) is 32.0 Å².